The van der Waals surface area contributed by atoms with E-state index in [0.717, 1.165) is 5.56 Å². The number of hydrogen-bond donors (Lipinski definition) is 1. The lowest BCUT2D eigenvalue weighted by Gasteiger charge is -2.14. The lowest BCUT2D eigenvalue weighted by atomic mass is 10.0. The molecule has 1 aromatic heterocycles. The van der Waals surface area contributed by atoms with E-state index in [4.69, 9.17) is 19.9 Å². The van der Waals surface area contributed by atoms with Gasteiger partial charge in [-0.1, -0.05) is 0 Å². The van der Waals surface area contributed by atoms with Crippen molar-refractivity contribution in [3.63, 3.8) is 0 Å². The highest BCUT2D eigenvalue weighted by molar-refractivity contribution is 5.42. The fourth-order valence-electron chi connectivity index (χ4n) is 1.81. The first-order valence-corrected chi connectivity index (χ1v) is 6.02. The molecular weight excluding hydrogens is 258 g/mol. The second-order valence-corrected chi connectivity index (χ2v) is 4.11. The predicted octanol–water partition coefficient (Wildman–Crippen LogP) is 1.55. The molecule has 2 aromatic rings. The maximum atomic E-state index is 6.23. The Morgan fingerprint density at radius 1 is 0.900 bits per heavy atom. The van der Waals surface area contributed by atoms with Gasteiger partial charge >= 0.3 is 0 Å². The van der Waals surface area contributed by atoms with E-state index < -0.39 is 6.04 Å². The lowest BCUT2D eigenvalue weighted by molar-refractivity contribution is 0.392. The van der Waals surface area contributed by atoms with Crippen molar-refractivity contribution in [1.82, 2.24) is 9.97 Å². The van der Waals surface area contributed by atoms with Crippen molar-refractivity contribution in [2.45, 2.75) is 6.04 Å². The van der Waals surface area contributed by atoms with Gasteiger partial charge in [-0.15, -0.1) is 0 Å². The minimum absolute atomic E-state index is 0.420. The number of nitrogens with zero attached hydrogens (tertiary/aromatic N) is 2. The van der Waals surface area contributed by atoms with Crippen molar-refractivity contribution in [3.05, 3.63) is 41.9 Å². The second kappa shape index (κ2) is 6.21. The molecular formula is C14H17N3O3. The van der Waals surface area contributed by atoms with Crippen LogP contribution in [0.4, 0.5) is 0 Å². The average molecular weight is 275 g/mol. The normalized spacial score (nSPS) is 11.8. The molecule has 0 aliphatic heterocycles. The molecule has 0 amide bonds. The summed E-state index contributed by atoms with van der Waals surface area (Å²) in [6, 6.07) is 6.77. The van der Waals surface area contributed by atoms with Crippen LogP contribution in [-0.2, 0) is 0 Å². The minimum Gasteiger partial charge on any atom is -0.497 e. The van der Waals surface area contributed by atoms with Gasteiger partial charge in [-0.3, -0.25) is 0 Å². The predicted molar refractivity (Wildman–Crippen MR) is 74.2 cm³/mol. The van der Waals surface area contributed by atoms with Gasteiger partial charge in [-0.05, 0) is 17.7 Å². The summed E-state index contributed by atoms with van der Waals surface area (Å²) in [5, 5.41) is 0. The zero-order valence-corrected chi connectivity index (χ0v) is 11.7. The molecule has 0 saturated heterocycles. The third-order valence-electron chi connectivity index (χ3n) is 2.92. The highest BCUT2D eigenvalue weighted by Crippen LogP contribution is 2.28. The van der Waals surface area contributed by atoms with Gasteiger partial charge in [-0.25, -0.2) is 9.97 Å². The van der Waals surface area contributed by atoms with Crippen LogP contribution >= 0.6 is 0 Å². The summed E-state index contributed by atoms with van der Waals surface area (Å²) >= 11 is 0. The van der Waals surface area contributed by atoms with Gasteiger partial charge in [0.25, 0.3) is 0 Å². The zero-order valence-electron chi connectivity index (χ0n) is 11.7. The van der Waals surface area contributed by atoms with E-state index in [0.29, 0.717) is 23.1 Å². The van der Waals surface area contributed by atoms with Gasteiger partial charge in [0.1, 0.15) is 17.8 Å². The minimum atomic E-state index is -0.420. The molecule has 0 saturated carbocycles. The monoisotopic (exact) mass is 275 g/mol. The summed E-state index contributed by atoms with van der Waals surface area (Å²) in [5.41, 5.74) is 7.72. The Labute approximate surface area is 117 Å². The number of hydrogen-bond acceptors (Lipinski definition) is 6. The van der Waals surface area contributed by atoms with E-state index in [-0.39, 0.29) is 0 Å². The number of aromatic nitrogens is 2. The quantitative estimate of drug-likeness (QED) is 0.891. The zero-order chi connectivity index (χ0) is 14.5. The SMILES string of the molecule is COc1cc(OC)cc(C(N)c2cc(OC)ncn2)c1. The van der Waals surface area contributed by atoms with Crippen LogP contribution in [0.2, 0.25) is 0 Å². The summed E-state index contributed by atoms with van der Waals surface area (Å²) in [7, 11) is 4.74. The van der Waals surface area contributed by atoms with Crippen LogP contribution in [0.25, 0.3) is 0 Å². The number of methoxy groups -OCH3 is 3. The van der Waals surface area contributed by atoms with Gasteiger partial charge in [0.2, 0.25) is 5.88 Å². The Morgan fingerprint density at radius 2 is 1.55 bits per heavy atom. The van der Waals surface area contributed by atoms with Gasteiger partial charge < -0.3 is 19.9 Å². The molecule has 2 rings (SSSR count). The fourth-order valence-corrected chi connectivity index (χ4v) is 1.81. The summed E-state index contributed by atoms with van der Waals surface area (Å²) in [6.45, 7) is 0. The van der Waals surface area contributed by atoms with E-state index >= 15 is 0 Å². The van der Waals surface area contributed by atoms with Crippen LogP contribution in [0, 0.1) is 0 Å². The summed E-state index contributed by atoms with van der Waals surface area (Å²) in [5.74, 6) is 1.83. The summed E-state index contributed by atoms with van der Waals surface area (Å²) in [4.78, 5) is 8.14. The molecule has 0 aliphatic carbocycles. The first-order valence-electron chi connectivity index (χ1n) is 6.02. The maximum Gasteiger partial charge on any atom is 0.216 e. The molecule has 0 bridgehead atoms. The molecule has 0 fully saturated rings. The molecule has 1 aromatic carbocycles. The Morgan fingerprint density at radius 3 is 2.10 bits per heavy atom. The van der Waals surface area contributed by atoms with Crippen molar-refractivity contribution in [1.29, 1.82) is 0 Å². The summed E-state index contributed by atoms with van der Waals surface area (Å²) in [6.07, 6.45) is 1.42. The van der Waals surface area contributed by atoms with E-state index in [1.165, 1.54) is 6.33 Å². The molecule has 0 radical (unpaired) electrons. The van der Waals surface area contributed by atoms with E-state index in [1.54, 1.807) is 33.5 Å². The van der Waals surface area contributed by atoms with Gasteiger partial charge in [0, 0.05) is 12.1 Å². The van der Waals surface area contributed by atoms with E-state index in [2.05, 4.69) is 9.97 Å². The number of rotatable bonds is 5. The van der Waals surface area contributed by atoms with E-state index in [1.807, 2.05) is 12.1 Å². The van der Waals surface area contributed by atoms with Gasteiger partial charge in [0.15, 0.2) is 0 Å². The topological polar surface area (TPSA) is 79.5 Å². The molecule has 1 heterocycles. The Balaban J connectivity index is 2.38. The number of benzene rings is 1. The Kier molecular flexibility index (Phi) is 4.37. The lowest BCUT2D eigenvalue weighted by Crippen LogP contribution is -2.14. The average Bonchev–Trinajstić information content (AvgIpc) is 2.53. The van der Waals surface area contributed by atoms with Crippen molar-refractivity contribution in [2.24, 2.45) is 5.73 Å². The van der Waals surface area contributed by atoms with Gasteiger partial charge in [-0.2, -0.15) is 0 Å². The van der Waals surface area contributed by atoms with Crippen molar-refractivity contribution in [3.8, 4) is 17.4 Å². The number of ether oxygens (including phenoxy) is 3. The van der Waals surface area contributed by atoms with Crippen LogP contribution < -0.4 is 19.9 Å². The highest BCUT2D eigenvalue weighted by Gasteiger charge is 2.14. The molecule has 1 unspecified atom stereocenters. The molecule has 2 N–H and O–H groups in total. The first-order chi connectivity index (χ1) is 9.67. The smallest absolute Gasteiger partial charge is 0.216 e. The Hall–Kier alpha value is -2.34. The third-order valence-corrected chi connectivity index (χ3v) is 2.92. The highest BCUT2D eigenvalue weighted by atomic mass is 16.5. The van der Waals surface area contributed by atoms with Crippen LogP contribution in [0.15, 0.2) is 30.6 Å². The van der Waals surface area contributed by atoms with Crippen LogP contribution in [-0.4, -0.2) is 31.3 Å². The molecule has 6 nitrogen and oxygen atoms in total. The summed E-state index contributed by atoms with van der Waals surface area (Å²) < 4.78 is 15.5. The van der Waals surface area contributed by atoms with Crippen molar-refractivity contribution in [2.75, 3.05) is 21.3 Å². The molecule has 1 atom stereocenters. The largest absolute Gasteiger partial charge is 0.497 e. The molecule has 0 spiro atoms. The first kappa shape index (κ1) is 14.1. The standard InChI is InChI=1S/C14H17N3O3/c1-18-10-4-9(5-11(6-10)19-2)14(15)12-7-13(20-3)17-8-16-12/h4-8,14H,15H2,1-3H3. The van der Waals surface area contributed by atoms with E-state index in [9.17, 15) is 0 Å². The third kappa shape index (κ3) is 2.97. The Bertz CT molecular complexity index is 567. The molecule has 106 valence electrons. The van der Waals surface area contributed by atoms with Gasteiger partial charge in [0.05, 0.1) is 33.1 Å². The molecule has 20 heavy (non-hydrogen) atoms. The molecule has 0 aliphatic rings. The van der Waals surface area contributed by atoms with Crippen molar-refractivity contribution >= 4 is 0 Å². The van der Waals surface area contributed by atoms with Crippen LogP contribution in [0.1, 0.15) is 17.3 Å². The van der Waals surface area contributed by atoms with Crippen molar-refractivity contribution < 1.29 is 14.2 Å². The molecule has 6 heteroatoms. The van der Waals surface area contributed by atoms with Crippen LogP contribution in [0.5, 0.6) is 17.4 Å². The van der Waals surface area contributed by atoms with Crippen LogP contribution in [0.3, 0.4) is 0 Å². The maximum absolute atomic E-state index is 6.23. The second-order valence-electron chi connectivity index (χ2n) is 4.11. The fraction of sp³-hybridized carbons (Fsp3) is 0.286. The number of nitrogens with two attached hydrogens (primary N) is 1.